The maximum absolute atomic E-state index is 13.1. The molecule has 6 heterocycles. The van der Waals surface area contributed by atoms with Gasteiger partial charge in [-0.3, -0.25) is 29.3 Å². The Morgan fingerprint density at radius 2 is 1.76 bits per heavy atom. The molecule has 2 N–H and O–H groups in total. The van der Waals surface area contributed by atoms with Crippen LogP contribution in [0, 0.1) is 0 Å². The van der Waals surface area contributed by atoms with Crippen molar-refractivity contribution in [1.82, 2.24) is 39.5 Å². The molecule has 5 amide bonds. The minimum atomic E-state index is -0.621. The van der Waals surface area contributed by atoms with Crippen LogP contribution in [0.4, 0.5) is 17.5 Å². The summed E-state index contributed by atoms with van der Waals surface area (Å²) >= 11 is 1.71. The maximum atomic E-state index is 13.1. The van der Waals surface area contributed by atoms with Gasteiger partial charge in [0.05, 0.1) is 11.9 Å². The summed E-state index contributed by atoms with van der Waals surface area (Å²) in [7, 11) is 3.54. The molecule has 1 atom stereocenters. The Morgan fingerprint density at radius 3 is 2.50 bits per heavy atom. The molecule has 1 unspecified atom stereocenters. The minimum Gasteiger partial charge on any atom is -0.367 e. The zero-order valence-electron chi connectivity index (χ0n) is 33.1. The lowest BCUT2D eigenvalue weighted by Gasteiger charge is -2.36. The summed E-state index contributed by atoms with van der Waals surface area (Å²) in [6, 6.07) is 11.2. The average molecular weight is 807 g/mol. The molecule has 304 valence electrons. The highest BCUT2D eigenvalue weighted by molar-refractivity contribution is 7.99. The maximum Gasteiger partial charge on any atom is 0.270 e. The van der Waals surface area contributed by atoms with Crippen molar-refractivity contribution in [3.63, 3.8) is 0 Å². The Kier molecular flexibility index (Phi) is 11.6. The number of fused-ring (bicyclic) bond motifs is 2. The monoisotopic (exact) mass is 806 g/mol. The number of pyridine rings is 1. The van der Waals surface area contributed by atoms with Gasteiger partial charge in [0, 0.05) is 87.7 Å². The third-order valence-electron chi connectivity index (χ3n) is 11.7. The van der Waals surface area contributed by atoms with Crippen molar-refractivity contribution in [3.8, 4) is 0 Å². The summed E-state index contributed by atoms with van der Waals surface area (Å²) in [4.78, 5) is 85.8. The molecular formula is C42H50N10O5S. The van der Waals surface area contributed by atoms with E-state index in [1.54, 1.807) is 41.9 Å². The molecule has 0 radical (unpaired) electrons. The minimum absolute atomic E-state index is 0.0404. The van der Waals surface area contributed by atoms with Gasteiger partial charge in [-0.1, -0.05) is 25.3 Å². The van der Waals surface area contributed by atoms with Crippen molar-refractivity contribution in [3.05, 3.63) is 65.6 Å². The molecule has 1 aliphatic carbocycles. The average Bonchev–Trinajstić information content (AvgIpc) is 3.97. The quantitative estimate of drug-likeness (QED) is 0.104. The van der Waals surface area contributed by atoms with E-state index >= 15 is 0 Å². The number of unbranched alkanes of at least 4 members (excludes halogenated alkanes) is 2. The van der Waals surface area contributed by atoms with Gasteiger partial charge in [0.25, 0.3) is 11.8 Å². The zero-order valence-corrected chi connectivity index (χ0v) is 33.9. The number of benzene rings is 1. The summed E-state index contributed by atoms with van der Waals surface area (Å²) in [6.45, 7) is 3.16. The SMILES string of the molecule is CN(C)C(=O)c1cc2cnc(Nc3ccc(N4CCN(C(=O)CCCCCSc5cccc6c5CN(C5CCC(=O)NC5=O)C6=O)CC4)cn3)nc2n1C1CCCC1. The molecule has 2 saturated heterocycles. The van der Waals surface area contributed by atoms with Crippen molar-refractivity contribution < 1.29 is 24.0 Å². The predicted molar refractivity (Wildman–Crippen MR) is 221 cm³/mol. The van der Waals surface area contributed by atoms with Crippen molar-refractivity contribution in [2.45, 2.75) is 87.7 Å². The van der Waals surface area contributed by atoms with Crippen LogP contribution in [0.2, 0.25) is 0 Å². The third kappa shape index (κ3) is 8.24. The smallest absolute Gasteiger partial charge is 0.270 e. The molecule has 1 aromatic carbocycles. The number of nitrogens with zero attached hydrogens (tertiary/aromatic N) is 8. The van der Waals surface area contributed by atoms with Crippen LogP contribution in [0.15, 0.2) is 53.7 Å². The van der Waals surface area contributed by atoms with Gasteiger partial charge in [-0.15, -0.1) is 11.8 Å². The van der Waals surface area contributed by atoms with Crippen LogP contribution in [-0.2, 0) is 20.9 Å². The summed E-state index contributed by atoms with van der Waals surface area (Å²) in [6.07, 6.45) is 11.7. The molecule has 4 aromatic rings. The molecule has 4 aliphatic rings. The zero-order chi connectivity index (χ0) is 40.3. The lowest BCUT2D eigenvalue weighted by molar-refractivity contribution is -0.137. The van der Waals surface area contributed by atoms with E-state index in [9.17, 15) is 24.0 Å². The van der Waals surface area contributed by atoms with Crippen LogP contribution < -0.4 is 15.5 Å². The molecule has 58 heavy (non-hydrogen) atoms. The molecule has 3 aromatic heterocycles. The number of carbonyl (C=O) groups excluding carboxylic acids is 5. The number of nitrogens with one attached hydrogen (secondary N) is 2. The van der Waals surface area contributed by atoms with E-state index in [-0.39, 0.29) is 36.1 Å². The number of hydrogen-bond acceptors (Lipinski definition) is 11. The van der Waals surface area contributed by atoms with Crippen LogP contribution in [0.5, 0.6) is 0 Å². The largest absolute Gasteiger partial charge is 0.367 e. The summed E-state index contributed by atoms with van der Waals surface area (Å²) in [5, 5.41) is 6.45. The number of piperidine rings is 1. The molecule has 3 aliphatic heterocycles. The van der Waals surface area contributed by atoms with Gasteiger partial charge >= 0.3 is 0 Å². The van der Waals surface area contributed by atoms with Gasteiger partial charge in [0.15, 0.2) is 0 Å². The molecular weight excluding hydrogens is 757 g/mol. The Bertz CT molecular complexity index is 2210. The lowest BCUT2D eigenvalue weighted by Crippen LogP contribution is -2.52. The number of imide groups is 1. The second kappa shape index (κ2) is 17.1. The Balaban J connectivity index is 0.771. The molecule has 0 bridgehead atoms. The number of piperazine rings is 1. The van der Waals surface area contributed by atoms with E-state index in [1.807, 2.05) is 47.5 Å². The first kappa shape index (κ1) is 39.3. The molecule has 15 nitrogen and oxygen atoms in total. The second-order valence-corrected chi connectivity index (χ2v) is 16.9. The number of anilines is 3. The number of carbonyl (C=O) groups is 5. The first-order chi connectivity index (χ1) is 28.1. The molecule has 3 fully saturated rings. The molecule has 8 rings (SSSR count). The molecule has 0 spiro atoms. The van der Waals surface area contributed by atoms with E-state index in [4.69, 9.17) is 4.98 Å². The lowest BCUT2D eigenvalue weighted by atomic mass is 10.0. The Labute approximate surface area is 341 Å². The summed E-state index contributed by atoms with van der Waals surface area (Å²) < 4.78 is 2.10. The van der Waals surface area contributed by atoms with Gasteiger partial charge in [0.2, 0.25) is 23.7 Å². The first-order valence-electron chi connectivity index (χ1n) is 20.4. The highest BCUT2D eigenvalue weighted by Crippen LogP contribution is 2.36. The van der Waals surface area contributed by atoms with Crippen molar-refractivity contribution in [1.29, 1.82) is 0 Å². The Hall–Kier alpha value is -5.51. The van der Waals surface area contributed by atoms with E-state index < -0.39 is 11.9 Å². The standard InChI is InChI=1S/C42H50N10O5S/c1-48(2)41(57)33-23-27-24-44-42(47-38(27)52(33)28-9-5-6-10-28)45-35-16-14-29(25-43-35)49-18-20-50(21-19-49)37(54)13-4-3-7-22-58-34-12-8-11-30-31(34)26-51(40(30)56)32-15-17-36(53)46-39(32)55/h8,11-12,14,16,23-25,28,32H,3-7,9-10,13,15,17-22,26H2,1-2H3,(H,46,53,55)(H,43,44,45,47). The topological polar surface area (TPSA) is 166 Å². The first-order valence-corrected chi connectivity index (χ1v) is 21.4. The van der Waals surface area contributed by atoms with Gasteiger partial charge in [0.1, 0.15) is 23.2 Å². The van der Waals surface area contributed by atoms with Crippen LogP contribution in [0.1, 0.15) is 96.7 Å². The van der Waals surface area contributed by atoms with E-state index in [0.29, 0.717) is 55.5 Å². The summed E-state index contributed by atoms with van der Waals surface area (Å²) in [5.74, 6) is 1.22. The van der Waals surface area contributed by atoms with Crippen LogP contribution >= 0.6 is 11.8 Å². The number of aromatic nitrogens is 4. The van der Waals surface area contributed by atoms with Crippen molar-refractivity contribution in [2.24, 2.45) is 0 Å². The molecule has 1 saturated carbocycles. The molecule has 16 heteroatoms. The Morgan fingerprint density at radius 1 is 0.948 bits per heavy atom. The van der Waals surface area contributed by atoms with Crippen molar-refractivity contribution >= 4 is 69.8 Å². The number of hydrogen-bond donors (Lipinski definition) is 2. The van der Waals surface area contributed by atoms with Gasteiger partial charge in [-0.05, 0) is 73.8 Å². The predicted octanol–water partition coefficient (Wildman–Crippen LogP) is 5.15. The van der Waals surface area contributed by atoms with E-state index in [0.717, 1.165) is 91.0 Å². The highest BCUT2D eigenvalue weighted by atomic mass is 32.2. The number of rotatable bonds is 13. The number of amides is 5. The van der Waals surface area contributed by atoms with E-state index in [2.05, 4.69) is 30.1 Å². The highest BCUT2D eigenvalue weighted by Gasteiger charge is 2.40. The fourth-order valence-corrected chi connectivity index (χ4v) is 9.65. The second-order valence-electron chi connectivity index (χ2n) is 15.7. The fourth-order valence-electron chi connectivity index (χ4n) is 8.56. The summed E-state index contributed by atoms with van der Waals surface area (Å²) in [5.41, 5.74) is 3.97. The third-order valence-corrected chi connectivity index (χ3v) is 12.9. The van der Waals surface area contributed by atoms with Gasteiger partial charge < -0.3 is 29.5 Å². The normalized spacial score (nSPS) is 18.6. The van der Waals surface area contributed by atoms with Crippen LogP contribution in [0.3, 0.4) is 0 Å². The van der Waals surface area contributed by atoms with E-state index in [1.165, 1.54) is 0 Å². The number of thioether (sulfide) groups is 1. The van der Waals surface area contributed by atoms with Crippen LogP contribution in [-0.4, -0.2) is 116 Å². The van der Waals surface area contributed by atoms with Gasteiger partial charge in [-0.2, -0.15) is 4.98 Å². The van der Waals surface area contributed by atoms with Crippen molar-refractivity contribution in [2.75, 3.05) is 56.2 Å². The van der Waals surface area contributed by atoms with Crippen LogP contribution in [0.25, 0.3) is 11.0 Å². The van der Waals surface area contributed by atoms with Gasteiger partial charge in [-0.25, -0.2) is 9.97 Å². The fraction of sp³-hybridized carbons (Fsp3) is 0.476.